The second-order valence-corrected chi connectivity index (χ2v) is 7.40. The molecule has 0 unspecified atom stereocenters. The second kappa shape index (κ2) is 9.33. The molecule has 1 fully saturated rings. The van der Waals surface area contributed by atoms with E-state index in [9.17, 15) is 70.2 Å². The van der Waals surface area contributed by atoms with Crippen LogP contribution in [0.2, 0.25) is 0 Å². The van der Waals surface area contributed by atoms with E-state index in [-0.39, 0.29) is 13.2 Å². The largest absolute Gasteiger partial charge is 0.460 e. The highest BCUT2D eigenvalue weighted by atomic mass is 19.4. The molecule has 34 heavy (non-hydrogen) atoms. The first-order valence-electron chi connectivity index (χ1n) is 8.63. The zero-order chi connectivity index (χ0) is 27.1. The Hall–Kier alpha value is -1.24. The summed E-state index contributed by atoms with van der Waals surface area (Å²) in [4.78, 5) is 0. The molecule has 204 valence electrons. The maximum atomic E-state index is 13.6. The lowest BCUT2D eigenvalue weighted by molar-refractivity contribution is -0.440. The van der Waals surface area contributed by atoms with Crippen molar-refractivity contribution in [3.8, 4) is 0 Å². The van der Waals surface area contributed by atoms with Gasteiger partial charge in [0.1, 0.15) is 6.61 Å². The summed E-state index contributed by atoms with van der Waals surface area (Å²) in [6.45, 7) is -5.71. The molecule has 0 aliphatic carbocycles. The van der Waals surface area contributed by atoms with E-state index in [1.807, 2.05) is 0 Å². The van der Waals surface area contributed by atoms with E-state index in [2.05, 4.69) is 14.2 Å². The lowest BCUT2D eigenvalue weighted by atomic mass is 9.88. The fourth-order valence-electron chi connectivity index (χ4n) is 2.43. The van der Waals surface area contributed by atoms with Gasteiger partial charge in [0.25, 0.3) is 0 Å². The second-order valence-electron chi connectivity index (χ2n) is 7.40. The number of ether oxygens (including phenoxy) is 3. The molecule has 0 aromatic rings. The number of rotatable bonds is 12. The van der Waals surface area contributed by atoms with E-state index < -0.39 is 80.2 Å². The van der Waals surface area contributed by atoms with Crippen LogP contribution >= 0.6 is 0 Å². The van der Waals surface area contributed by atoms with Crippen LogP contribution in [0.25, 0.3) is 0 Å². The van der Waals surface area contributed by atoms with Crippen molar-refractivity contribution in [1.82, 2.24) is 0 Å². The van der Waals surface area contributed by atoms with Crippen LogP contribution in [0.15, 0.2) is 0 Å². The van der Waals surface area contributed by atoms with Crippen LogP contribution in [0.3, 0.4) is 0 Å². The normalized spacial score (nSPS) is 18.7. The first kappa shape index (κ1) is 30.8. The molecule has 0 spiro atoms. The Morgan fingerprint density at radius 3 is 1.41 bits per heavy atom. The van der Waals surface area contributed by atoms with Crippen LogP contribution in [0.5, 0.6) is 0 Å². The summed E-state index contributed by atoms with van der Waals surface area (Å²) < 4.78 is 218. The molecule has 0 radical (unpaired) electrons. The van der Waals surface area contributed by atoms with Crippen molar-refractivity contribution < 1.29 is 84.5 Å². The van der Waals surface area contributed by atoms with Crippen molar-refractivity contribution >= 4 is 0 Å². The summed E-state index contributed by atoms with van der Waals surface area (Å²) in [5.74, 6) is -37.4. The Kier molecular flexibility index (Phi) is 8.45. The van der Waals surface area contributed by atoms with Crippen molar-refractivity contribution in [2.75, 3.05) is 39.6 Å². The molecule has 19 heteroatoms. The molecule has 1 heterocycles. The van der Waals surface area contributed by atoms with Gasteiger partial charge < -0.3 is 14.2 Å². The first-order chi connectivity index (χ1) is 14.9. The van der Waals surface area contributed by atoms with E-state index in [1.165, 1.54) is 0 Å². The summed E-state index contributed by atoms with van der Waals surface area (Å²) in [6, 6.07) is 0. The lowest BCUT2D eigenvalue weighted by Gasteiger charge is -2.41. The van der Waals surface area contributed by atoms with Gasteiger partial charge >= 0.3 is 42.0 Å². The Morgan fingerprint density at radius 1 is 0.588 bits per heavy atom. The first-order valence-corrected chi connectivity index (χ1v) is 8.63. The molecular formula is C15H14F16O3. The highest BCUT2D eigenvalue weighted by Gasteiger charge is 2.90. The minimum Gasteiger partial charge on any atom is -0.380 e. The fraction of sp³-hybridized carbons (Fsp3) is 1.00. The maximum Gasteiger partial charge on any atom is 0.460 e. The van der Waals surface area contributed by atoms with E-state index in [0.717, 1.165) is 0 Å². The monoisotopic (exact) mass is 546 g/mol. The quantitative estimate of drug-likeness (QED) is 0.232. The van der Waals surface area contributed by atoms with Crippen molar-refractivity contribution in [3.63, 3.8) is 0 Å². The molecule has 0 saturated carbocycles. The van der Waals surface area contributed by atoms with E-state index in [0.29, 0.717) is 0 Å². The predicted octanol–water partition coefficient (Wildman–Crippen LogP) is 5.73. The average Bonchev–Trinajstić information content (AvgIpc) is 2.59. The van der Waals surface area contributed by atoms with Gasteiger partial charge in [-0.3, -0.25) is 0 Å². The van der Waals surface area contributed by atoms with Crippen LogP contribution in [0.4, 0.5) is 70.2 Å². The van der Waals surface area contributed by atoms with Gasteiger partial charge in [0.2, 0.25) is 0 Å². The SMILES string of the molecule is FC(F)(F)COCC1(COCCC(F)(F)C(F)(F)C(F)(F)C(F)(F)C(F)(F)C(F)(F)F)COC1. The molecule has 0 atom stereocenters. The van der Waals surface area contributed by atoms with Crippen LogP contribution in [-0.2, 0) is 14.2 Å². The standard InChI is InChI=1S/C15H14F16O3/c16-9(17,1-2-32-3-8(4-33-5-8)6-34-7-10(18,19)20)11(21,22)12(23,24)13(25,26)14(27,28)15(29,30)31/h1-7H2. The van der Waals surface area contributed by atoms with Gasteiger partial charge in [-0.25, -0.2) is 0 Å². The molecule has 1 aliphatic heterocycles. The molecule has 0 aromatic carbocycles. The Labute approximate surface area is 179 Å². The van der Waals surface area contributed by atoms with Crippen molar-refractivity contribution in [2.24, 2.45) is 5.41 Å². The molecule has 3 nitrogen and oxygen atoms in total. The highest BCUT2D eigenvalue weighted by Crippen LogP contribution is 2.60. The number of hydrogen-bond acceptors (Lipinski definition) is 3. The summed E-state index contributed by atoms with van der Waals surface area (Å²) in [6.07, 6.45) is -14.8. The van der Waals surface area contributed by atoms with Gasteiger partial charge in [0.15, 0.2) is 0 Å². The molecule has 0 N–H and O–H groups in total. The van der Waals surface area contributed by atoms with Gasteiger partial charge in [-0.05, 0) is 0 Å². The van der Waals surface area contributed by atoms with Crippen molar-refractivity contribution in [3.05, 3.63) is 0 Å². The summed E-state index contributed by atoms with van der Waals surface area (Å²) >= 11 is 0. The molecule has 1 rings (SSSR count). The van der Waals surface area contributed by atoms with E-state index in [1.54, 1.807) is 0 Å². The zero-order valence-corrected chi connectivity index (χ0v) is 16.2. The highest BCUT2D eigenvalue weighted by molar-refractivity contribution is 5.10. The number of halogens is 16. The summed E-state index contributed by atoms with van der Waals surface area (Å²) in [5.41, 5.74) is -1.39. The third kappa shape index (κ3) is 5.76. The summed E-state index contributed by atoms with van der Waals surface area (Å²) in [5, 5.41) is 0. The van der Waals surface area contributed by atoms with E-state index >= 15 is 0 Å². The molecule has 1 saturated heterocycles. The molecular weight excluding hydrogens is 532 g/mol. The van der Waals surface area contributed by atoms with E-state index in [4.69, 9.17) is 0 Å². The molecule has 0 bridgehead atoms. The smallest absolute Gasteiger partial charge is 0.380 e. The minimum atomic E-state index is -7.99. The zero-order valence-electron chi connectivity index (χ0n) is 16.2. The van der Waals surface area contributed by atoms with Gasteiger partial charge in [-0.2, -0.15) is 70.2 Å². The van der Waals surface area contributed by atoms with Crippen LogP contribution in [-0.4, -0.2) is 81.6 Å². The Morgan fingerprint density at radius 2 is 1.03 bits per heavy atom. The van der Waals surface area contributed by atoms with Crippen molar-refractivity contribution in [1.29, 1.82) is 0 Å². The minimum absolute atomic E-state index is 0.367. The molecule has 0 aromatic heterocycles. The van der Waals surface area contributed by atoms with Crippen LogP contribution in [0.1, 0.15) is 6.42 Å². The topological polar surface area (TPSA) is 27.7 Å². The maximum absolute atomic E-state index is 13.6. The third-order valence-electron chi connectivity index (χ3n) is 4.46. The predicted molar refractivity (Wildman–Crippen MR) is 76.4 cm³/mol. The summed E-state index contributed by atoms with van der Waals surface area (Å²) in [7, 11) is 0. The Balaban J connectivity index is 2.85. The average molecular weight is 546 g/mol. The Bertz CT molecular complexity index is 680. The van der Waals surface area contributed by atoms with Crippen LogP contribution in [0, 0.1) is 5.41 Å². The van der Waals surface area contributed by atoms with Gasteiger partial charge in [0, 0.05) is 6.42 Å². The van der Waals surface area contributed by atoms with Gasteiger partial charge in [0.05, 0.1) is 38.4 Å². The third-order valence-corrected chi connectivity index (χ3v) is 4.46. The van der Waals surface area contributed by atoms with Crippen LogP contribution < -0.4 is 0 Å². The number of alkyl halides is 16. The van der Waals surface area contributed by atoms with Gasteiger partial charge in [-0.1, -0.05) is 0 Å². The molecule has 0 amide bonds. The number of hydrogen-bond donors (Lipinski definition) is 0. The van der Waals surface area contributed by atoms with Crippen molar-refractivity contribution in [2.45, 2.75) is 48.4 Å². The lowest BCUT2D eigenvalue weighted by Crippen LogP contribution is -2.70. The molecule has 1 aliphatic rings. The fourth-order valence-corrected chi connectivity index (χ4v) is 2.43. The van der Waals surface area contributed by atoms with Gasteiger partial charge in [-0.15, -0.1) is 0 Å².